The third kappa shape index (κ3) is 5.23. The number of nitrogens with zero attached hydrogens (tertiary/aromatic N) is 4. The number of benzene rings is 1. The summed E-state index contributed by atoms with van der Waals surface area (Å²) in [5.41, 5.74) is 7.17. The number of hydrogen-bond acceptors (Lipinski definition) is 7. The summed E-state index contributed by atoms with van der Waals surface area (Å²) in [6.45, 7) is 2.15. The first kappa shape index (κ1) is 23.3. The predicted molar refractivity (Wildman–Crippen MR) is 117 cm³/mol. The van der Waals surface area contributed by atoms with Gasteiger partial charge in [0.2, 0.25) is 5.82 Å². The molecule has 0 saturated carbocycles. The molecule has 7 nitrogen and oxygen atoms in total. The summed E-state index contributed by atoms with van der Waals surface area (Å²) in [6, 6.07) is 6.27. The van der Waals surface area contributed by atoms with E-state index in [1.807, 2.05) is 0 Å². The zero-order valence-corrected chi connectivity index (χ0v) is 18.2. The van der Waals surface area contributed by atoms with Gasteiger partial charge >= 0.3 is 6.18 Å². The van der Waals surface area contributed by atoms with Gasteiger partial charge in [-0.05, 0) is 30.7 Å². The summed E-state index contributed by atoms with van der Waals surface area (Å²) in [7, 11) is 0. The fourth-order valence-corrected chi connectivity index (χ4v) is 4.25. The Morgan fingerprint density at radius 3 is 2.52 bits per heavy atom. The summed E-state index contributed by atoms with van der Waals surface area (Å²) in [5.74, 6) is -1.06. The minimum absolute atomic E-state index is 0.117. The van der Waals surface area contributed by atoms with Gasteiger partial charge in [-0.1, -0.05) is 11.6 Å². The van der Waals surface area contributed by atoms with Crippen LogP contribution in [0.3, 0.4) is 0 Å². The van der Waals surface area contributed by atoms with E-state index in [2.05, 4.69) is 19.9 Å². The second kappa shape index (κ2) is 9.58. The Morgan fingerprint density at radius 1 is 1.15 bits per heavy atom. The number of morpholine rings is 1. The second-order valence-corrected chi connectivity index (χ2v) is 8.10. The molecule has 0 bridgehead atoms. The largest absolute Gasteiger partial charge is 0.451 e. The average Bonchev–Trinajstić information content (AvgIpc) is 2.79. The monoisotopic (exact) mass is 479 g/mol. The van der Waals surface area contributed by atoms with Gasteiger partial charge in [0.25, 0.3) is 0 Å². The van der Waals surface area contributed by atoms with Crippen LogP contribution in [0.2, 0.25) is 5.02 Å². The molecule has 3 aromatic rings. The van der Waals surface area contributed by atoms with Crippen molar-refractivity contribution in [3.05, 3.63) is 58.6 Å². The number of alkyl halides is 3. The molecule has 11 heteroatoms. The van der Waals surface area contributed by atoms with E-state index in [0.29, 0.717) is 65.6 Å². The molecule has 0 spiro atoms. The molecule has 1 aliphatic heterocycles. The SMILES string of the molecule is Nc1ccc2c(C(=O)CCC(c3cnc(C(F)(F)F)nc3)N3CCOCC3)c(Cl)ccc2n1. The summed E-state index contributed by atoms with van der Waals surface area (Å²) < 4.78 is 44.1. The zero-order chi connectivity index (χ0) is 23.6. The molecule has 1 saturated heterocycles. The number of aromatic nitrogens is 3. The molecule has 0 aliphatic carbocycles. The van der Waals surface area contributed by atoms with Crippen LogP contribution >= 0.6 is 11.6 Å². The highest BCUT2D eigenvalue weighted by Gasteiger charge is 2.35. The van der Waals surface area contributed by atoms with E-state index in [0.717, 1.165) is 0 Å². The molecule has 33 heavy (non-hydrogen) atoms. The van der Waals surface area contributed by atoms with Crippen molar-refractivity contribution in [1.29, 1.82) is 0 Å². The summed E-state index contributed by atoms with van der Waals surface area (Å²) in [6.07, 6.45) is -1.80. The fourth-order valence-electron chi connectivity index (χ4n) is 3.98. The Hall–Kier alpha value is -2.82. The van der Waals surface area contributed by atoms with Crippen LogP contribution in [0.4, 0.5) is 19.0 Å². The van der Waals surface area contributed by atoms with Crippen LogP contribution < -0.4 is 5.73 Å². The number of pyridine rings is 1. The molecule has 0 radical (unpaired) electrons. The first-order valence-electron chi connectivity index (χ1n) is 10.3. The minimum Gasteiger partial charge on any atom is -0.384 e. The standard InChI is InChI=1S/C22H21ClF3N5O2/c23-15-2-3-16-14(1-6-19(27)30-16)20(15)18(32)5-4-17(31-7-9-33-10-8-31)13-11-28-21(29-12-13)22(24,25)26/h1-3,6,11-12,17H,4-5,7-10H2,(H2,27,30). The molecule has 1 aromatic carbocycles. The van der Waals surface area contributed by atoms with Gasteiger partial charge in [-0.25, -0.2) is 15.0 Å². The Balaban J connectivity index is 1.59. The Labute approximate surface area is 192 Å². The number of anilines is 1. The number of halogens is 4. The van der Waals surface area contributed by atoms with Gasteiger partial charge in [-0.2, -0.15) is 13.2 Å². The number of carbonyl (C=O) groups excluding carboxylic acids is 1. The van der Waals surface area contributed by atoms with E-state index in [-0.39, 0.29) is 18.2 Å². The third-order valence-corrected chi connectivity index (χ3v) is 5.88. The number of nitrogen functional groups attached to an aromatic ring is 1. The Morgan fingerprint density at radius 2 is 1.85 bits per heavy atom. The molecule has 1 atom stereocenters. The highest BCUT2D eigenvalue weighted by Crippen LogP contribution is 2.32. The molecule has 174 valence electrons. The number of ether oxygens (including phenoxy) is 1. The maximum absolute atomic E-state index is 13.2. The lowest BCUT2D eigenvalue weighted by molar-refractivity contribution is -0.145. The number of fused-ring (bicyclic) bond motifs is 1. The van der Waals surface area contributed by atoms with Crippen molar-refractivity contribution in [2.24, 2.45) is 0 Å². The topological polar surface area (TPSA) is 94.2 Å². The number of hydrogen-bond donors (Lipinski definition) is 1. The zero-order valence-electron chi connectivity index (χ0n) is 17.5. The smallest absolute Gasteiger partial charge is 0.384 e. The van der Waals surface area contributed by atoms with E-state index in [9.17, 15) is 18.0 Å². The van der Waals surface area contributed by atoms with Gasteiger partial charge in [0.1, 0.15) is 5.82 Å². The number of ketones is 1. The maximum Gasteiger partial charge on any atom is 0.451 e. The van der Waals surface area contributed by atoms with Crippen molar-refractivity contribution in [2.75, 3.05) is 32.0 Å². The molecule has 1 fully saturated rings. The summed E-state index contributed by atoms with van der Waals surface area (Å²) in [5, 5.41) is 0.905. The summed E-state index contributed by atoms with van der Waals surface area (Å²) >= 11 is 6.35. The van der Waals surface area contributed by atoms with Crippen LogP contribution in [-0.2, 0) is 10.9 Å². The van der Waals surface area contributed by atoms with Crippen LogP contribution in [0.15, 0.2) is 36.7 Å². The van der Waals surface area contributed by atoms with Gasteiger partial charge < -0.3 is 10.5 Å². The maximum atomic E-state index is 13.2. The highest BCUT2D eigenvalue weighted by molar-refractivity contribution is 6.35. The molecule has 1 aliphatic rings. The lowest BCUT2D eigenvalue weighted by Crippen LogP contribution is -2.39. The lowest BCUT2D eigenvalue weighted by Gasteiger charge is -2.34. The Bertz CT molecular complexity index is 1150. The lowest BCUT2D eigenvalue weighted by atomic mass is 9.96. The van der Waals surface area contributed by atoms with E-state index >= 15 is 0 Å². The molecule has 2 N–H and O–H groups in total. The van der Waals surface area contributed by atoms with Crippen LogP contribution in [0, 0.1) is 0 Å². The van der Waals surface area contributed by atoms with E-state index in [1.165, 1.54) is 12.4 Å². The molecular weight excluding hydrogens is 459 g/mol. The molecule has 0 amide bonds. The Kier molecular flexibility index (Phi) is 6.78. The van der Waals surface area contributed by atoms with E-state index in [1.54, 1.807) is 24.3 Å². The molecule has 4 rings (SSSR count). The average molecular weight is 480 g/mol. The first-order chi connectivity index (χ1) is 15.7. The van der Waals surface area contributed by atoms with Crippen molar-refractivity contribution < 1.29 is 22.7 Å². The van der Waals surface area contributed by atoms with Gasteiger partial charge in [-0.3, -0.25) is 9.69 Å². The minimum atomic E-state index is -4.62. The molecule has 3 heterocycles. The van der Waals surface area contributed by atoms with Gasteiger partial charge in [0.15, 0.2) is 5.78 Å². The quantitative estimate of drug-likeness (QED) is 0.526. The van der Waals surface area contributed by atoms with Crippen molar-refractivity contribution in [1.82, 2.24) is 19.9 Å². The van der Waals surface area contributed by atoms with Crippen LogP contribution in [0.25, 0.3) is 10.9 Å². The van der Waals surface area contributed by atoms with Gasteiger partial charge in [-0.15, -0.1) is 0 Å². The molecular formula is C22H21ClF3N5O2. The van der Waals surface area contributed by atoms with Crippen LogP contribution in [0.5, 0.6) is 0 Å². The number of Topliss-reactive ketones (excluding diaryl/α,β-unsaturated/α-hetero) is 1. The van der Waals surface area contributed by atoms with Gasteiger partial charge in [0.05, 0.1) is 23.8 Å². The van der Waals surface area contributed by atoms with Crippen LogP contribution in [-0.4, -0.2) is 51.9 Å². The highest BCUT2D eigenvalue weighted by atomic mass is 35.5. The first-order valence-corrected chi connectivity index (χ1v) is 10.7. The fraction of sp³-hybridized carbons (Fsp3) is 0.364. The third-order valence-electron chi connectivity index (χ3n) is 5.56. The van der Waals surface area contributed by atoms with Crippen molar-refractivity contribution in [3.8, 4) is 0 Å². The summed E-state index contributed by atoms with van der Waals surface area (Å²) in [4.78, 5) is 26.5. The van der Waals surface area contributed by atoms with E-state index < -0.39 is 12.0 Å². The number of rotatable bonds is 6. The predicted octanol–water partition coefficient (Wildman–Crippen LogP) is 4.32. The molecule has 1 unspecified atom stereocenters. The van der Waals surface area contributed by atoms with Gasteiger partial charge in [0, 0.05) is 54.5 Å². The second-order valence-electron chi connectivity index (χ2n) is 7.69. The normalized spacial score (nSPS) is 16.1. The van der Waals surface area contributed by atoms with E-state index in [4.69, 9.17) is 22.1 Å². The van der Waals surface area contributed by atoms with Crippen molar-refractivity contribution in [3.63, 3.8) is 0 Å². The van der Waals surface area contributed by atoms with Crippen molar-refractivity contribution >= 4 is 34.1 Å². The van der Waals surface area contributed by atoms with Crippen molar-refractivity contribution in [2.45, 2.75) is 25.1 Å². The van der Waals surface area contributed by atoms with Crippen LogP contribution in [0.1, 0.15) is 40.6 Å². The molecule has 2 aromatic heterocycles. The number of nitrogens with two attached hydrogens (primary N) is 1. The number of carbonyl (C=O) groups is 1.